The zero-order chi connectivity index (χ0) is 18.0. The van der Waals surface area contributed by atoms with Crippen molar-refractivity contribution < 1.29 is 9.53 Å². The van der Waals surface area contributed by atoms with Crippen LogP contribution in [0.25, 0.3) is 11.3 Å². The minimum absolute atomic E-state index is 0.284. The van der Waals surface area contributed by atoms with Gasteiger partial charge in [0.2, 0.25) is 4.73 Å². The van der Waals surface area contributed by atoms with Crippen LogP contribution in [-0.2, 0) is 4.74 Å². The van der Waals surface area contributed by atoms with Gasteiger partial charge in [-0.3, -0.25) is 0 Å². The maximum atomic E-state index is 12.2. The molecule has 0 bridgehead atoms. The minimum Gasteiger partial charge on any atom is -0.444 e. The van der Waals surface area contributed by atoms with E-state index in [0.29, 0.717) is 24.2 Å². The van der Waals surface area contributed by atoms with Crippen molar-refractivity contribution in [3.63, 3.8) is 0 Å². The zero-order valence-electron chi connectivity index (χ0n) is 14.6. The predicted molar refractivity (Wildman–Crippen MR) is 99.5 cm³/mol. The van der Waals surface area contributed by atoms with Crippen LogP contribution in [0.5, 0.6) is 0 Å². The van der Waals surface area contributed by atoms with Gasteiger partial charge in [0, 0.05) is 13.1 Å². The number of aromatic nitrogens is 3. The summed E-state index contributed by atoms with van der Waals surface area (Å²) in [5.74, 6) is 0.793. The first kappa shape index (κ1) is 17.7. The standard InChI is InChI=1S/C18H21BrN4O2/c1-18(2,3)25-17(24)22-11-9-13(10-12-22)15-20-16(19)21-23(15)14-7-5-4-6-8-14/h4-9H,10-12H2,1-3H3. The number of carbonyl (C=O) groups excluding carboxylic acids is 1. The topological polar surface area (TPSA) is 60.2 Å². The summed E-state index contributed by atoms with van der Waals surface area (Å²) in [4.78, 5) is 18.4. The number of carbonyl (C=O) groups is 1. The summed E-state index contributed by atoms with van der Waals surface area (Å²) in [6.07, 6.45) is 2.44. The van der Waals surface area contributed by atoms with Crippen LogP contribution in [0.1, 0.15) is 33.0 Å². The van der Waals surface area contributed by atoms with Crippen LogP contribution in [0.3, 0.4) is 0 Å². The number of nitrogens with zero attached hydrogens (tertiary/aromatic N) is 4. The van der Waals surface area contributed by atoms with Crippen LogP contribution in [0, 0.1) is 0 Å². The van der Waals surface area contributed by atoms with Crippen molar-refractivity contribution in [1.29, 1.82) is 0 Å². The molecule has 1 aromatic carbocycles. The molecular weight excluding hydrogens is 384 g/mol. The molecule has 0 atom stereocenters. The second-order valence-corrected chi connectivity index (χ2v) is 7.57. The Morgan fingerprint density at radius 3 is 2.56 bits per heavy atom. The molecule has 25 heavy (non-hydrogen) atoms. The van der Waals surface area contributed by atoms with Gasteiger partial charge in [0.05, 0.1) is 5.69 Å². The Balaban J connectivity index is 1.80. The highest BCUT2D eigenvalue weighted by Crippen LogP contribution is 2.25. The van der Waals surface area contributed by atoms with Gasteiger partial charge in [-0.25, -0.2) is 14.5 Å². The van der Waals surface area contributed by atoms with Crippen LogP contribution in [0.4, 0.5) is 4.79 Å². The molecule has 1 aliphatic heterocycles. The molecule has 2 aromatic rings. The van der Waals surface area contributed by atoms with Gasteiger partial charge in [0.25, 0.3) is 0 Å². The maximum absolute atomic E-state index is 12.2. The maximum Gasteiger partial charge on any atom is 0.410 e. The monoisotopic (exact) mass is 404 g/mol. The largest absolute Gasteiger partial charge is 0.444 e. The van der Waals surface area contributed by atoms with Crippen molar-refractivity contribution in [3.05, 3.63) is 47.0 Å². The first-order chi connectivity index (χ1) is 11.8. The Morgan fingerprint density at radius 2 is 1.96 bits per heavy atom. The van der Waals surface area contributed by atoms with Gasteiger partial charge in [-0.2, -0.15) is 0 Å². The van der Waals surface area contributed by atoms with Crippen LogP contribution in [0.2, 0.25) is 0 Å². The van der Waals surface area contributed by atoms with Crippen molar-refractivity contribution in [2.24, 2.45) is 0 Å². The SMILES string of the molecule is CC(C)(C)OC(=O)N1CC=C(c2nc(Br)nn2-c2ccccc2)CC1. The lowest BCUT2D eigenvalue weighted by molar-refractivity contribution is 0.0270. The number of rotatable bonds is 2. The Labute approximate surface area is 155 Å². The zero-order valence-corrected chi connectivity index (χ0v) is 16.2. The molecule has 2 heterocycles. The molecule has 132 valence electrons. The van der Waals surface area contributed by atoms with Crippen LogP contribution in [-0.4, -0.2) is 44.4 Å². The van der Waals surface area contributed by atoms with E-state index < -0.39 is 5.60 Å². The average molecular weight is 405 g/mol. The molecule has 6 nitrogen and oxygen atoms in total. The fraction of sp³-hybridized carbons (Fsp3) is 0.389. The van der Waals surface area contributed by atoms with E-state index in [2.05, 4.69) is 26.0 Å². The number of hydrogen-bond donors (Lipinski definition) is 0. The van der Waals surface area contributed by atoms with Crippen molar-refractivity contribution in [3.8, 4) is 5.69 Å². The number of amides is 1. The third kappa shape index (κ3) is 4.28. The number of hydrogen-bond acceptors (Lipinski definition) is 4. The number of benzene rings is 1. The molecule has 0 fully saturated rings. The van der Waals surface area contributed by atoms with Crippen molar-refractivity contribution in [1.82, 2.24) is 19.7 Å². The highest BCUT2D eigenvalue weighted by atomic mass is 79.9. The second kappa shape index (κ2) is 7.00. The van der Waals surface area contributed by atoms with Crippen LogP contribution >= 0.6 is 15.9 Å². The molecule has 0 spiro atoms. The molecule has 7 heteroatoms. The Morgan fingerprint density at radius 1 is 1.24 bits per heavy atom. The van der Waals surface area contributed by atoms with Crippen LogP contribution < -0.4 is 0 Å². The first-order valence-electron chi connectivity index (χ1n) is 8.19. The number of ether oxygens (including phenoxy) is 1. The van der Waals surface area contributed by atoms with Gasteiger partial charge < -0.3 is 9.64 Å². The molecule has 0 radical (unpaired) electrons. The summed E-state index contributed by atoms with van der Waals surface area (Å²) in [6.45, 7) is 6.71. The van der Waals surface area contributed by atoms with E-state index >= 15 is 0 Å². The Bertz CT molecular complexity index is 793. The first-order valence-corrected chi connectivity index (χ1v) is 8.98. The van der Waals surface area contributed by atoms with Gasteiger partial charge >= 0.3 is 6.09 Å². The fourth-order valence-corrected chi connectivity index (χ4v) is 2.94. The molecule has 1 aromatic heterocycles. The van der Waals surface area contributed by atoms with Crippen LogP contribution in [0.15, 0.2) is 41.1 Å². The van der Waals surface area contributed by atoms with E-state index in [1.54, 1.807) is 4.90 Å². The van der Waals surface area contributed by atoms with Gasteiger partial charge in [-0.15, -0.1) is 5.10 Å². The Kier molecular flexibility index (Phi) is 4.94. The molecule has 3 rings (SSSR count). The second-order valence-electron chi connectivity index (χ2n) is 6.86. The third-order valence-corrected chi connectivity index (χ3v) is 4.07. The lowest BCUT2D eigenvalue weighted by Crippen LogP contribution is -2.39. The van der Waals surface area contributed by atoms with E-state index in [0.717, 1.165) is 17.1 Å². The molecule has 0 saturated heterocycles. The summed E-state index contributed by atoms with van der Waals surface area (Å²) >= 11 is 3.36. The number of halogens is 1. The average Bonchev–Trinajstić information content (AvgIpc) is 2.96. The van der Waals surface area contributed by atoms with E-state index in [-0.39, 0.29) is 6.09 Å². The highest BCUT2D eigenvalue weighted by molar-refractivity contribution is 9.10. The van der Waals surface area contributed by atoms with Gasteiger partial charge in [-0.05, 0) is 60.8 Å². The van der Waals surface area contributed by atoms with Gasteiger partial charge in [0.15, 0.2) is 5.82 Å². The van der Waals surface area contributed by atoms with Crippen molar-refractivity contribution >= 4 is 27.6 Å². The third-order valence-electron chi connectivity index (χ3n) is 3.73. The summed E-state index contributed by atoms with van der Waals surface area (Å²) in [5, 5.41) is 4.43. The van der Waals surface area contributed by atoms with Crippen molar-refractivity contribution in [2.45, 2.75) is 32.8 Å². The smallest absolute Gasteiger partial charge is 0.410 e. The lowest BCUT2D eigenvalue weighted by atomic mass is 10.1. The molecule has 0 N–H and O–H groups in total. The normalized spacial score (nSPS) is 15.0. The minimum atomic E-state index is -0.487. The van der Waals surface area contributed by atoms with Gasteiger partial charge in [0.1, 0.15) is 5.60 Å². The van der Waals surface area contributed by atoms with Crippen molar-refractivity contribution in [2.75, 3.05) is 13.1 Å². The summed E-state index contributed by atoms with van der Waals surface area (Å²) in [6, 6.07) is 9.87. The predicted octanol–water partition coefficient (Wildman–Crippen LogP) is 4.05. The van der Waals surface area contributed by atoms with Gasteiger partial charge in [-0.1, -0.05) is 24.3 Å². The number of para-hydroxylation sites is 1. The quantitative estimate of drug-likeness (QED) is 0.756. The molecule has 0 unspecified atom stereocenters. The molecule has 0 aliphatic carbocycles. The summed E-state index contributed by atoms with van der Waals surface area (Å²) < 4.78 is 7.79. The van der Waals surface area contributed by atoms with E-state index in [9.17, 15) is 4.79 Å². The molecule has 1 amide bonds. The fourth-order valence-electron chi connectivity index (χ4n) is 2.61. The highest BCUT2D eigenvalue weighted by Gasteiger charge is 2.25. The van der Waals surface area contributed by atoms with E-state index in [1.807, 2.05) is 61.9 Å². The molecule has 1 aliphatic rings. The lowest BCUT2D eigenvalue weighted by Gasteiger charge is -2.29. The van der Waals surface area contributed by atoms with E-state index in [4.69, 9.17) is 4.74 Å². The summed E-state index contributed by atoms with van der Waals surface area (Å²) in [7, 11) is 0. The Hall–Kier alpha value is -2.15. The molecular formula is C18H21BrN4O2. The summed E-state index contributed by atoms with van der Waals surface area (Å²) in [5.41, 5.74) is 1.53. The van der Waals surface area contributed by atoms with E-state index in [1.165, 1.54) is 0 Å². The molecule has 0 saturated carbocycles.